The van der Waals surface area contributed by atoms with Crippen LogP contribution in [0.1, 0.15) is 32.9 Å². The second-order valence-electron chi connectivity index (χ2n) is 6.88. The van der Waals surface area contributed by atoms with Gasteiger partial charge in [0, 0.05) is 18.8 Å². The van der Waals surface area contributed by atoms with E-state index in [0.29, 0.717) is 31.2 Å². The number of amides is 1. The lowest BCUT2D eigenvalue weighted by Gasteiger charge is -2.10. The monoisotopic (exact) mass is 390 g/mol. The summed E-state index contributed by atoms with van der Waals surface area (Å²) in [7, 11) is 1.65. The van der Waals surface area contributed by atoms with Crippen molar-refractivity contribution in [2.24, 2.45) is 0 Å². The minimum Gasteiger partial charge on any atom is -0.496 e. The number of benzene rings is 2. The molecular weight excluding hydrogens is 364 g/mol. The van der Waals surface area contributed by atoms with Crippen LogP contribution in [0.15, 0.2) is 54.6 Å². The van der Waals surface area contributed by atoms with Gasteiger partial charge in [-0.2, -0.15) is 0 Å². The van der Waals surface area contributed by atoms with Gasteiger partial charge >= 0.3 is 0 Å². The highest BCUT2D eigenvalue weighted by Crippen LogP contribution is 2.17. The van der Waals surface area contributed by atoms with Crippen LogP contribution in [0.5, 0.6) is 5.75 Å². The van der Waals surface area contributed by atoms with E-state index in [1.54, 1.807) is 13.2 Å². The molecule has 0 fully saturated rings. The van der Waals surface area contributed by atoms with Crippen LogP contribution in [0, 0.1) is 13.8 Å². The fourth-order valence-corrected chi connectivity index (χ4v) is 2.96. The molecule has 150 valence electrons. The standard InChI is InChI=1S/C23H26N4O2/c1-16-8-10-18(11-9-16)15-25-23-26-17(2)14-20(27-23)22(28)24-13-12-19-6-4-5-7-21(19)29-3/h4-11,14H,12-13,15H2,1-3H3,(H,24,28)(H,25,26,27). The van der Waals surface area contributed by atoms with Crippen LogP contribution in [-0.2, 0) is 13.0 Å². The average Bonchev–Trinajstić information content (AvgIpc) is 2.73. The number of hydrogen-bond donors (Lipinski definition) is 2. The number of nitrogens with one attached hydrogen (secondary N) is 2. The van der Waals surface area contributed by atoms with Crippen LogP contribution >= 0.6 is 0 Å². The first-order valence-electron chi connectivity index (χ1n) is 9.60. The van der Waals surface area contributed by atoms with Crippen molar-refractivity contribution in [3.63, 3.8) is 0 Å². The molecule has 2 N–H and O–H groups in total. The molecule has 1 heterocycles. The first-order chi connectivity index (χ1) is 14.0. The molecule has 2 aromatic carbocycles. The Kier molecular flexibility index (Phi) is 6.79. The first kappa shape index (κ1) is 20.3. The van der Waals surface area contributed by atoms with Crippen molar-refractivity contribution in [1.82, 2.24) is 15.3 Å². The van der Waals surface area contributed by atoms with E-state index < -0.39 is 0 Å². The largest absolute Gasteiger partial charge is 0.496 e. The highest BCUT2D eigenvalue weighted by atomic mass is 16.5. The molecule has 6 heteroatoms. The zero-order valence-electron chi connectivity index (χ0n) is 17.0. The molecule has 0 radical (unpaired) electrons. The van der Waals surface area contributed by atoms with E-state index in [9.17, 15) is 4.79 Å². The molecule has 0 bridgehead atoms. The number of ether oxygens (including phenoxy) is 1. The maximum atomic E-state index is 12.5. The summed E-state index contributed by atoms with van der Waals surface area (Å²) in [4.78, 5) is 21.3. The molecule has 6 nitrogen and oxygen atoms in total. The summed E-state index contributed by atoms with van der Waals surface area (Å²) in [5.74, 6) is 1.05. The molecule has 0 aliphatic carbocycles. The number of carbonyl (C=O) groups is 1. The Morgan fingerprint density at radius 2 is 1.79 bits per heavy atom. The van der Waals surface area contributed by atoms with Gasteiger partial charge in [-0.05, 0) is 43.5 Å². The van der Waals surface area contributed by atoms with Gasteiger partial charge < -0.3 is 15.4 Å². The zero-order chi connectivity index (χ0) is 20.6. The second-order valence-corrected chi connectivity index (χ2v) is 6.88. The number of anilines is 1. The van der Waals surface area contributed by atoms with Gasteiger partial charge in [0.25, 0.3) is 5.91 Å². The first-order valence-corrected chi connectivity index (χ1v) is 9.60. The molecule has 3 aromatic rings. The van der Waals surface area contributed by atoms with Gasteiger partial charge in [0.2, 0.25) is 5.95 Å². The van der Waals surface area contributed by atoms with Crippen molar-refractivity contribution in [2.75, 3.05) is 19.0 Å². The number of nitrogens with zero attached hydrogens (tertiary/aromatic N) is 2. The molecular formula is C23H26N4O2. The van der Waals surface area contributed by atoms with Crippen LogP contribution in [-0.4, -0.2) is 29.5 Å². The van der Waals surface area contributed by atoms with Gasteiger partial charge in [0.1, 0.15) is 11.4 Å². The fourth-order valence-electron chi connectivity index (χ4n) is 2.96. The summed E-state index contributed by atoms with van der Waals surface area (Å²) in [5, 5.41) is 6.12. The quantitative estimate of drug-likeness (QED) is 0.614. The van der Waals surface area contributed by atoms with Crippen LogP contribution in [0.3, 0.4) is 0 Å². The smallest absolute Gasteiger partial charge is 0.270 e. The number of hydrogen-bond acceptors (Lipinski definition) is 5. The van der Waals surface area contributed by atoms with Crippen molar-refractivity contribution >= 4 is 11.9 Å². The number of methoxy groups -OCH3 is 1. The molecule has 0 atom stereocenters. The molecule has 0 saturated carbocycles. The zero-order valence-corrected chi connectivity index (χ0v) is 17.0. The van der Waals surface area contributed by atoms with E-state index in [4.69, 9.17) is 4.74 Å². The Bertz CT molecular complexity index is 971. The molecule has 1 amide bonds. The normalized spacial score (nSPS) is 10.4. The van der Waals surface area contributed by atoms with E-state index in [1.807, 2.05) is 31.2 Å². The molecule has 0 unspecified atom stereocenters. The van der Waals surface area contributed by atoms with E-state index in [-0.39, 0.29) is 5.91 Å². The second kappa shape index (κ2) is 9.68. The van der Waals surface area contributed by atoms with Gasteiger partial charge in [-0.3, -0.25) is 4.79 Å². The van der Waals surface area contributed by atoms with Crippen molar-refractivity contribution in [1.29, 1.82) is 0 Å². The van der Waals surface area contributed by atoms with Gasteiger partial charge in [0.05, 0.1) is 7.11 Å². The van der Waals surface area contributed by atoms with E-state index in [1.165, 1.54) is 5.56 Å². The predicted molar refractivity (Wildman–Crippen MR) is 114 cm³/mol. The fraction of sp³-hybridized carbons (Fsp3) is 0.261. The van der Waals surface area contributed by atoms with Gasteiger partial charge in [-0.25, -0.2) is 9.97 Å². The van der Waals surface area contributed by atoms with Crippen LogP contribution in [0.2, 0.25) is 0 Å². The van der Waals surface area contributed by atoms with Crippen LogP contribution in [0.4, 0.5) is 5.95 Å². The maximum Gasteiger partial charge on any atom is 0.270 e. The Hall–Kier alpha value is -3.41. The number of rotatable bonds is 8. The molecule has 29 heavy (non-hydrogen) atoms. The lowest BCUT2D eigenvalue weighted by molar-refractivity contribution is 0.0949. The highest BCUT2D eigenvalue weighted by Gasteiger charge is 2.11. The SMILES string of the molecule is COc1ccccc1CCNC(=O)c1cc(C)nc(NCc2ccc(C)cc2)n1. The number of para-hydroxylation sites is 1. The Labute approximate surface area is 171 Å². The van der Waals surface area contributed by atoms with Crippen molar-refractivity contribution in [3.05, 3.63) is 82.7 Å². The third-order valence-electron chi connectivity index (χ3n) is 4.53. The molecule has 1 aromatic heterocycles. The summed E-state index contributed by atoms with van der Waals surface area (Å²) in [6.07, 6.45) is 0.679. The number of aromatic nitrogens is 2. The summed E-state index contributed by atoms with van der Waals surface area (Å²) in [6, 6.07) is 17.7. The van der Waals surface area contributed by atoms with E-state index in [0.717, 1.165) is 22.6 Å². The molecule has 0 aliphatic rings. The average molecular weight is 390 g/mol. The van der Waals surface area contributed by atoms with Crippen LogP contribution in [0.25, 0.3) is 0 Å². The molecule has 3 rings (SSSR count). The Morgan fingerprint density at radius 1 is 1.03 bits per heavy atom. The molecule has 0 saturated heterocycles. The lowest BCUT2D eigenvalue weighted by atomic mass is 10.1. The minimum atomic E-state index is -0.219. The van der Waals surface area contributed by atoms with Crippen molar-refractivity contribution in [2.45, 2.75) is 26.8 Å². The third-order valence-corrected chi connectivity index (χ3v) is 4.53. The Morgan fingerprint density at radius 3 is 2.55 bits per heavy atom. The van der Waals surface area contributed by atoms with E-state index >= 15 is 0 Å². The maximum absolute atomic E-state index is 12.5. The van der Waals surface area contributed by atoms with Gasteiger partial charge in [-0.15, -0.1) is 0 Å². The summed E-state index contributed by atoms with van der Waals surface area (Å²) < 4.78 is 5.35. The Balaban J connectivity index is 1.59. The summed E-state index contributed by atoms with van der Waals surface area (Å²) >= 11 is 0. The predicted octanol–water partition coefficient (Wildman–Crippen LogP) is 3.69. The number of aryl methyl sites for hydroxylation is 2. The van der Waals surface area contributed by atoms with Crippen molar-refractivity contribution in [3.8, 4) is 5.75 Å². The summed E-state index contributed by atoms with van der Waals surface area (Å²) in [6.45, 7) is 5.00. The summed E-state index contributed by atoms with van der Waals surface area (Å²) in [5.41, 5.74) is 4.48. The van der Waals surface area contributed by atoms with Crippen molar-refractivity contribution < 1.29 is 9.53 Å². The van der Waals surface area contributed by atoms with Gasteiger partial charge in [0.15, 0.2) is 0 Å². The van der Waals surface area contributed by atoms with Crippen LogP contribution < -0.4 is 15.4 Å². The minimum absolute atomic E-state index is 0.219. The van der Waals surface area contributed by atoms with E-state index in [2.05, 4.69) is 51.8 Å². The van der Waals surface area contributed by atoms with Gasteiger partial charge in [-0.1, -0.05) is 48.0 Å². The number of carbonyl (C=O) groups excluding carboxylic acids is 1. The highest BCUT2D eigenvalue weighted by molar-refractivity contribution is 5.92. The lowest BCUT2D eigenvalue weighted by Crippen LogP contribution is -2.27. The topological polar surface area (TPSA) is 76.1 Å². The molecule has 0 aliphatic heterocycles. The third kappa shape index (κ3) is 5.78. The molecule has 0 spiro atoms.